The molecule has 2 aliphatic rings. The highest BCUT2D eigenvalue weighted by atomic mass is 32.2. The fraction of sp³-hybridized carbons (Fsp3) is 0.333. The number of carbonyl (C=O) groups excluding carboxylic acids is 1. The van der Waals surface area contributed by atoms with Crippen molar-refractivity contribution >= 4 is 21.8 Å². The predicted molar refractivity (Wildman–Crippen MR) is 107 cm³/mol. The number of likely N-dealkylation sites (tertiary alicyclic amines) is 1. The van der Waals surface area contributed by atoms with E-state index < -0.39 is 10.0 Å². The number of hydrogen-bond acceptors (Lipinski definition) is 4. The van der Waals surface area contributed by atoms with Crippen molar-refractivity contribution in [2.75, 3.05) is 13.1 Å². The summed E-state index contributed by atoms with van der Waals surface area (Å²) >= 11 is 0. The zero-order valence-electron chi connectivity index (χ0n) is 15.7. The highest BCUT2D eigenvalue weighted by Crippen LogP contribution is 2.29. The van der Waals surface area contributed by atoms with E-state index >= 15 is 0 Å². The minimum Gasteiger partial charge on any atom is -0.355 e. The monoisotopic (exact) mass is 397 g/mol. The molecule has 1 atom stereocenters. The summed E-state index contributed by atoms with van der Waals surface area (Å²) in [6, 6.07) is 16.8. The van der Waals surface area contributed by atoms with Gasteiger partial charge in [0.25, 0.3) is 10.0 Å². The number of amidine groups is 1. The molecule has 146 valence electrons. The third-order valence-corrected chi connectivity index (χ3v) is 6.76. The third kappa shape index (κ3) is 3.54. The van der Waals surface area contributed by atoms with Crippen molar-refractivity contribution < 1.29 is 13.2 Å². The van der Waals surface area contributed by atoms with Crippen molar-refractivity contribution in [1.29, 1.82) is 0 Å². The fourth-order valence-corrected chi connectivity index (χ4v) is 5.05. The molecule has 0 spiro atoms. The Morgan fingerprint density at radius 1 is 1.07 bits per heavy atom. The number of carbonyl (C=O) groups is 1. The summed E-state index contributed by atoms with van der Waals surface area (Å²) in [5.41, 5.74) is 1.73. The van der Waals surface area contributed by atoms with Gasteiger partial charge in [-0.05, 0) is 37.5 Å². The molecule has 0 bridgehead atoms. The van der Waals surface area contributed by atoms with E-state index in [-0.39, 0.29) is 22.8 Å². The van der Waals surface area contributed by atoms with Gasteiger partial charge in [0, 0.05) is 24.6 Å². The molecule has 2 aromatic carbocycles. The standard InChI is InChI=1S/C21H23N3O3S/c1-15(16-7-3-2-4-8-16)22-21(25)17-11-13-24(14-12-17)20-18-9-5-6-10-19(18)28(26,27)23-20/h2-10,15,17H,11-14H2,1H3,(H,22,25). The molecular formula is C21H23N3O3S. The first-order valence-electron chi connectivity index (χ1n) is 9.50. The van der Waals surface area contributed by atoms with Crippen LogP contribution in [0.1, 0.15) is 36.9 Å². The SMILES string of the molecule is CC(NC(=O)C1CCN(C2=NS(=O)(=O)c3ccccc32)CC1)c1ccccc1. The van der Waals surface area contributed by atoms with Crippen LogP contribution in [0.2, 0.25) is 0 Å². The van der Waals surface area contributed by atoms with E-state index in [1.54, 1.807) is 18.2 Å². The summed E-state index contributed by atoms with van der Waals surface area (Å²) in [7, 11) is -3.61. The van der Waals surface area contributed by atoms with E-state index in [1.807, 2.05) is 48.2 Å². The highest BCUT2D eigenvalue weighted by Gasteiger charge is 2.34. The first-order chi connectivity index (χ1) is 13.5. The van der Waals surface area contributed by atoms with Gasteiger partial charge in [-0.2, -0.15) is 8.42 Å². The maximum atomic E-state index is 12.7. The topological polar surface area (TPSA) is 78.8 Å². The Labute approximate surface area is 165 Å². The summed E-state index contributed by atoms with van der Waals surface area (Å²) < 4.78 is 28.5. The molecular weight excluding hydrogens is 374 g/mol. The first kappa shape index (κ1) is 18.7. The molecule has 4 rings (SSSR count). The van der Waals surface area contributed by atoms with Crippen LogP contribution in [-0.4, -0.2) is 38.2 Å². The molecule has 0 aromatic heterocycles. The second kappa shape index (κ2) is 7.39. The summed E-state index contributed by atoms with van der Waals surface area (Å²) in [4.78, 5) is 14.9. The van der Waals surface area contributed by atoms with Crippen LogP contribution in [0.15, 0.2) is 63.9 Å². The van der Waals surface area contributed by atoms with E-state index in [0.29, 0.717) is 37.3 Å². The second-order valence-corrected chi connectivity index (χ2v) is 8.86. The molecule has 1 N–H and O–H groups in total. The van der Waals surface area contributed by atoms with Crippen LogP contribution in [0.5, 0.6) is 0 Å². The third-order valence-electron chi connectivity index (χ3n) is 5.44. The zero-order chi connectivity index (χ0) is 19.7. The minimum atomic E-state index is -3.61. The Balaban J connectivity index is 1.40. The van der Waals surface area contributed by atoms with Crippen molar-refractivity contribution in [3.8, 4) is 0 Å². The van der Waals surface area contributed by atoms with Crippen molar-refractivity contribution in [2.45, 2.75) is 30.7 Å². The first-order valence-corrected chi connectivity index (χ1v) is 10.9. The summed E-state index contributed by atoms with van der Waals surface area (Å²) in [6.45, 7) is 3.21. The Morgan fingerprint density at radius 2 is 1.71 bits per heavy atom. The maximum absolute atomic E-state index is 12.7. The number of fused-ring (bicyclic) bond motifs is 1. The molecule has 0 saturated carbocycles. The van der Waals surface area contributed by atoms with Gasteiger partial charge >= 0.3 is 0 Å². The number of nitrogens with one attached hydrogen (secondary N) is 1. The number of nitrogens with zero attached hydrogens (tertiary/aromatic N) is 2. The molecule has 1 saturated heterocycles. The molecule has 1 fully saturated rings. The Bertz CT molecular complexity index is 1010. The van der Waals surface area contributed by atoms with E-state index in [0.717, 1.165) is 5.56 Å². The molecule has 0 radical (unpaired) electrons. The lowest BCUT2D eigenvalue weighted by Crippen LogP contribution is -2.43. The molecule has 1 unspecified atom stereocenters. The normalized spacial score (nSPS) is 19.6. The Kier molecular flexibility index (Phi) is 4.93. The number of sulfonamides is 1. The summed E-state index contributed by atoms with van der Waals surface area (Å²) in [5, 5.41) is 3.10. The second-order valence-electron chi connectivity index (χ2n) is 7.29. The number of benzene rings is 2. The van der Waals surface area contributed by atoms with Crippen LogP contribution in [-0.2, 0) is 14.8 Å². The number of rotatable bonds is 3. The lowest BCUT2D eigenvalue weighted by molar-refractivity contribution is -0.126. The Hall–Kier alpha value is -2.67. The summed E-state index contributed by atoms with van der Waals surface area (Å²) in [5.74, 6) is 0.487. The minimum absolute atomic E-state index is 0.0389. The van der Waals surface area contributed by atoms with Crippen molar-refractivity contribution in [3.63, 3.8) is 0 Å². The lowest BCUT2D eigenvalue weighted by Gasteiger charge is -2.33. The average molecular weight is 398 g/mol. The smallest absolute Gasteiger partial charge is 0.285 e. The molecule has 28 heavy (non-hydrogen) atoms. The van der Waals surface area contributed by atoms with E-state index in [2.05, 4.69) is 9.71 Å². The van der Waals surface area contributed by atoms with E-state index in [1.165, 1.54) is 0 Å². The average Bonchev–Trinajstić information content (AvgIpc) is 3.00. The van der Waals surface area contributed by atoms with Crippen LogP contribution < -0.4 is 5.32 Å². The molecule has 0 aliphatic carbocycles. The van der Waals surface area contributed by atoms with Crippen LogP contribution >= 0.6 is 0 Å². The van der Waals surface area contributed by atoms with Gasteiger partial charge in [-0.1, -0.05) is 42.5 Å². The zero-order valence-corrected chi connectivity index (χ0v) is 16.5. The van der Waals surface area contributed by atoms with Crippen LogP contribution in [0.3, 0.4) is 0 Å². The van der Waals surface area contributed by atoms with Crippen LogP contribution in [0, 0.1) is 5.92 Å². The quantitative estimate of drug-likeness (QED) is 0.864. The maximum Gasteiger partial charge on any atom is 0.285 e. The fourth-order valence-electron chi connectivity index (χ4n) is 3.83. The van der Waals surface area contributed by atoms with Gasteiger partial charge in [0.1, 0.15) is 4.90 Å². The van der Waals surface area contributed by atoms with Gasteiger partial charge < -0.3 is 10.2 Å². The number of piperidine rings is 1. The molecule has 2 aromatic rings. The lowest BCUT2D eigenvalue weighted by atomic mass is 9.94. The summed E-state index contributed by atoms with van der Waals surface area (Å²) in [6.07, 6.45) is 1.35. The van der Waals surface area contributed by atoms with Crippen molar-refractivity contribution in [3.05, 3.63) is 65.7 Å². The van der Waals surface area contributed by atoms with Crippen LogP contribution in [0.25, 0.3) is 0 Å². The van der Waals surface area contributed by atoms with Gasteiger partial charge in [0.05, 0.1) is 6.04 Å². The molecule has 2 heterocycles. The number of amides is 1. The highest BCUT2D eigenvalue weighted by molar-refractivity contribution is 7.90. The largest absolute Gasteiger partial charge is 0.355 e. The Morgan fingerprint density at radius 3 is 2.43 bits per heavy atom. The van der Waals surface area contributed by atoms with Gasteiger partial charge in [0.2, 0.25) is 5.91 Å². The molecule has 6 nitrogen and oxygen atoms in total. The molecule has 1 amide bonds. The van der Waals surface area contributed by atoms with Gasteiger partial charge in [-0.3, -0.25) is 4.79 Å². The van der Waals surface area contributed by atoms with Crippen LogP contribution in [0.4, 0.5) is 0 Å². The number of hydrogen-bond donors (Lipinski definition) is 1. The van der Waals surface area contributed by atoms with Crippen molar-refractivity contribution in [2.24, 2.45) is 10.3 Å². The van der Waals surface area contributed by atoms with Crippen molar-refractivity contribution in [1.82, 2.24) is 10.2 Å². The molecule has 7 heteroatoms. The van der Waals surface area contributed by atoms with Gasteiger partial charge in [-0.25, -0.2) is 0 Å². The van der Waals surface area contributed by atoms with Gasteiger partial charge in [-0.15, -0.1) is 4.40 Å². The van der Waals surface area contributed by atoms with E-state index in [9.17, 15) is 13.2 Å². The molecule has 2 aliphatic heterocycles. The predicted octanol–water partition coefficient (Wildman–Crippen LogP) is 2.72. The van der Waals surface area contributed by atoms with E-state index in [4.69, 9.17) is 0 Å². The van der Waals surface area contributed by atoms with Gasteiger partial charge in [0.15, 0.2) is 5.84 Å².